The lowest BCUT2D eigenvalue weighted by atomic mass is 9.96. The van der Waals surface area contributed by atoms with Crippen molar-refractivity contribution in [2.24, 2.45) is 0 Å². The minimum Gasteiger partial charge on any atom is -0.368 e. The van der Waals surface area contributed by atoms with Crippen LogP contribution < -0.4 is 0 Å². The molecule has 0 aliphatic carbocycles. The average molecular weight is 675 g/mol. The van der Waals surface area contributed by atoms with Crippen molar-refractivity contribution in [1.82, 2.24) is 0 Å². The zero-order valence-electron chi connectivity index (χ0n) is 27.8. The lowest BCUT2D eigenvalue weighted by molar-refractivity contribution is -0.325. The summed E-state index contributed by atoms with van der Waals surface area (Å²) in [5, 5.41) is 0. The Hall–Kier alpha value is -3.17. The van der Waals surface area contributed by atoms with Crippen LogP contribution in [0.1, 0.15) is 42.5 Å². The number of hydrogen-bond donors (Lipinski definition) is 0. The Kier molecular flexibility index (Phi) is 14.4. The molecule has 256 valence electrons. The summed E-state index contributed by atoms with van der Waals surface area (Å²) in [6.07, 6.45) is -2.75. The summed E-state index contributed by atoms with van der Waals surface area (Å²) in [4.78, 5) is 0. The van der Waals surface area contributed by atoms with Crippen molar-refractivity contribution >= 4 is 7.60 Å². The molecule has 48 heavy (non-hydrogen) atoms. The number of hydrogen-bond acceptors (Lipinski definition) is 8. The predicted octanol–water partition coefficient (Wildman–Crippen LogP) is 8.34. The summed E-state index contributed by atoms with van der Waals surface area (Å²) >= 11 is 0. The SMILES string of the molecule is CCOP(=O)(CC[C@H]1OC(OCc2ccccc2)[C@@H](OCc2ccccc2)[C@@H](OCc2ccccc2)[C@@H]1OCc1ccccc1)OCC. The van der Waals surface area contributed by atoms with E-state index in [9.17, 15) is 4.57 Å². The van der Waals surface area contributed by atoms with Crippen molar-refractivity contribution in [1.29, 1.82) is 0 Å². The van der Waals surface area contributed by atoms with Gasteiger partial charge in [0, 0.05) is 0 Å². The van der Waals surface area contributed by atoms with Crippen molar-refractivity contribution in [3.63, 3.8) is 0 Å². The van der Waals surface area contributed by atoms with Crippen molar-refractivity contribution in [2.45, 2.75) is 77.4 Å². The Bertz CT molecular complexity index is 1480. The molecule has 4 aromatic carbocycles. The van der Waals surface area contributed by atoms with Gasteiger partial charge in [0.05, 0.1) is 51.9 Å². The Labute approximate surface area is 284 Å². The lowest BCUT2D eigenvalue weighted by Crippen LogP contribution is -2.60. The van der Waals surface area contributed by atoms with E-state index in [-0.39, 0.29) is 19.4 Å². The standard InChI is InChI=1S/C39H47O8P/c1-3-45-48(40,46-4-2)26-25-35-36(41-27-31-17-9-5-10-18-31)37(42-28-32-19-11-6-12-20-32)38(43-29-33-21-13-7-14-22-33)39(47-35)44-30-34-23-15-8-16-24-34/h5-24,35-39H,3-4,25-30H2,1-2H3/t35-,36-,37+,38+,39?/m1/s1. The van der Waals surface area contributed by atoms with Crippen LogP contribution in [-0.4, -0.2) is 50.1 Å². The van der Waals surface area contributed by atoms with Crippen LogP contribution in [0, 0.1) is 0 Å². The summed E-state index contributed by atoms with van der Waals surface area (Å²) in [5.41, 5.74) is 4.04. The first-order valence-corrected chi connectivity index (χ1v) is 18.5. The summed E-state index contributed by atoms with van der Waals surface area (Å²) in [6.45, 7) is 5.46. The highest BCUT2D eigenvalue weighted by molar-refractivity contribution is 7.53. The van der Waals surface area contributed by atoms with Gasteiger partial charge in [0.25, 0.3) is 0 Å². The Morgan fingerprint density at radius 1 is 0.521 bits per heavy atom. The van der Waals surface area contributed by atoms with Gasteiger partial charge in [0.1, 0.15) is 18.3 Å². The molecule has 4 aromatic rings. The van der Waals surface area contributed by atoms with E-state index in [1.807, 2.05) is 135 Å². The summed E-state index contributed by atoms with van der Waals surface area (Å²) in [6, 6.07) is 39.9. The maximum absolute atomic E-state index is 13.6. The number of rotatable bonds is 19. The number of benzene rings is 4. The molecule has 1 aliphatic rings. The molecule has 1 unspecified atom stereocenters. The Morgan fingerprint density at radius 3 is 1.31 bits per heavy atom. The van der Waals surface area contributed by atoms with Crippen LogP contribution in [0.5, 0.6) is 0 Å². The third-order valence-electron chi connectivity index (χ3n) is 8.04. The minimum atomic E-state index is -3.37. The first kappa shape index (κ1) is 36.1. The monoisotopic (exact) mass is 674 g/mol. The molecule has 0 amide bonds. The molecule has 1 heterocycles. The van der Waals surface area contributed by atoms with Gasteiger partial charge in [-0.2, -0.15) is 0 Å². The second kappa shape index (κ2) is 19.1. The highest BCUT2D eigenvalue weighted by Crippen LogP contribution is 2.49. The summed E-state index contributed by atoms with van der Waals surface area (Å²) in [5.74, 6) is 0. The smallest absolute Gasteiger partial charge is 0.330 e. The first-order chi connectivity index (χ1) is 23.6. The molecule has 5 rings (SSSR count). The molecule has 0 saturated carbocycles. The van der Waals surface area contributed by atoms with Gasteiger partial charge in [0.2, 0.25) is 0 Å². The average Bonchev–Trinajstić information content (AvgIpc) is 3.13. The fourth-order valence-corrected chi connectivity index (χ4v) is 7.40. The predicted molar refractivity (Wildman–Crippen MR) is 185 cm³/mol. The van der Waals surface area contributed by atoms with Crippen LogP contribution in [-0.2, 0) is 63.7 Å². The zero-order chi connectivity index (χ0) is 33.4. The molecule has 1 aliphatic heterocycles. The van der Waals surface area contributed by atoms with Crippen LogP contribution in [0.4, 0.5) is 0 Å². The van der Waals surface area contributed by atoms with Gasteiger partial charge < -0.3 is 32.7 Å². The van der Waals surface area contributed by atoms with Crippen LogP contribution in [0.15, 0.2) is 121 Å². The normalized spacial score (nSPS) is 21.2. The van der Waals surface area contributed by atoms with Crippen molar-refractivity contribution < 1.29 is 37.3 Å². The van der Waals surface area contributed by atoms with Gasteiger partial charge >= 0.3 is 7.60 Å². The van der Waals surface area contributed by atoms with Crippen molar-refractivity contribution in [3.05, 3.63) is 144 Å². The largest absolute Gasteiger partial charge is 0.368 e. The fraction of sp³-hybridized carbons (Fsp3) is 0.385. The molecule has 0 radical (unpaired) electrons. The maximum Gasteiger partial charge on any atom is 0.330 e. The van der Waals surface area contributed by atoms with Crippen LogP contribution in [0.3, 0.4) is 0 Å². The third kappa shape index (κ3) is 10.9. The molecule has 9 heteroatoms. The van der Waals surface area contributed by atoms with Gasteiger partial charge in [0.15, 0.2) is 6.29 Å². The first-order valence-electron chi connectivity index (χ1n) is 16.7. The fourth-order valence-electron chi connectivity index (χ4n) is 5.71. The third-order valence-corrected chi connectivity index (χ3v) is 10.2. The van der Waals surface area contributed by atoms with Gasteiger partial charge in [-0.3, -0.25) is 4.57 Å². The van der Waals surface area contributed by atoms with Gasteiger partial charge in [-0.1, -0.05) is 121 Å². The maximum atomic E-state index is 13.6. The molecule has 8 nitrogen and oxygen atoms in total. The summed E-state index contributed by atoms with van der Waals surface area (Å²) in [7, 11) is -3.37. The molecule has 0 spiro atoms. The molecule has 0 bridgehead atoms. The molecular weight excluding hydrogens is 627 g/mol. The highest BCUT2D eigenvalue weighted by Gasteiger charge is 2.49. The molecule has 5 atom stereocenters. The van der Waals surface area contributed by atoms with Gasteiger partial charge in [-0.05, 0) is 42.5 Å². The van der Waals surface area contributed by atoms with E-state index in [0.717, 1.165) is 22.3 Å². The second-order valence-corrected chi connectivity index (χ2v) is 13.8. The lowest BCUT2D eigenvalue weighted by Gasteiger charge is -2.46. The Balaban J connectivity index is 1.48. The van der Waals surface area contributed by atoms with E-state index < -0.39 is 38.3 Å². The van der Waals surface area contributed by atoms with Crippen LogP contribution >= 0.6 is 7.60 Å². The molecular formula is C39H47O8P. The number of ether oxygens (including phenoxy) is 5. The van der Waals surface area contributed by atoms with E-state index in [4.69, 9.17) is 32.7 Å². The second-order valence-electron chi connectivity index (χ2n) is 11.6. The highest BCUT2D eigenvalue weighted by atomic mass is 31.2. The van der Waals surface area contributed by atoms with Crippen molar-refractivity contribution in [3.8, 4) is 0 Å². The van der Waals surface area contributed by atoms with E-state index in [1.54, 1.807) is 0 Å². The molecule has 0 N–H and O–H groups in total. The van der Waals surface area contributed by atoms with E-state index in [2.05, 4.69) is 0 Å². The van der Waals surface area contributed by atoms with Crippen LogP contribution in [0.2, 0.25) is 0 Å². The molecule has 1 saturated heterocycles. The van der Waals surface area contributed by atoms with Gasteiger partial charge in [-0.25, -0.2) is 0 Å². The van der Waals surface area contributed by atoms with E-state index in [0.29, 0.717) is 32.8 Å². The molecule has 1 fully saturated rings. The zero-order valence-corrected chi connectivity index (χ0v) is 28.7. The van der Waals surface area contributed by atoms with E-state index >= 15 is 0 Å². The van der Waals surface area contributed by atoms with Crippen LogP contribution in [0.25, 0.3) is 0 Å². The quantitative estimate of drug-likeness (QED) is 0.0919. The van der Waals surface area contributed by atoms with Crippen molar-refractivity contribution in [2.75, 3.05) is 19.4 Å². The minimum absolute atomic E-state index is 0.150. The summed E-state index contributed by atoms with van der Waals surface area (Å²) < 4.78 is 58.3. The molecule has 0 aromatic heterocycles. The van der Waals surface area contributed by atoms with E-state index in [1.165, 1.54) is 0 Å². The topological polar surface area (TPSA) is 81.7 Å². The van der Waals surface area contributed by atoms with Gasteiger partial charge in [-0.15, -0.1) is 0 Å². The Morgan fingerprint density at radius 2 is 0.896 bits per heavy atom.